The van der Waals surface area contributed by atoms with Crippen LogP contribution in [0.5, 0.6) is 11.5 Å². The summed E-state index contributed by atoms with van der Waals surface area (Å²) in [5.74, 6) is 1.49. The summed E-state index contributed by atoms with van der Waals surface area (Å²) in [6.45, 7) is 2.25. The number of carbonyl (C=O) groups excluding carboxylic acids is 1. The average Bonchev–Trinajstić information content (AvgIpc) is 2.69. The van der Waals surface area contributed by atoms with Crippen LogP contribution in [0, 0.1) is 0 Å². The van der Waals surface area contributed by atoms with E-state index in [0.29, 0.717) is 12.2 Å². The topological polar surface area (TPSA) is 38.3 Å². The van der Waals surface area contributed by atoms with Gasteiger partial charge in [0, 0.05) is 6.42 Å². The normalized spacial score (nSPS) is 10.6. The van der Waals surface area contributed by atoms with Gasteiger partial charge in [0.25, 0.3) is 0 Å². The van der Waals surface area contributed by atoms with Crippen LogP contribution in [-0.4, -0.2) is 5.91 Å². The summed E-state index contributed by atoms with van der Waals surface area (Å²) in [4.78, 5) is 12.3. The molecule has 2 aromatic carbocycles. The summed E-state index contributed by atoms with van der Waals surface area (Å²) in [5, 5.41) is 2.99. The van der Waals surface area contributed by atoms with Gasteiger partial charge in [0.1, 0.15) is 5.75 Å². The Kier molecular flexibility index (Phi) is 10.1. The molecule has 0 aliphatic carbocycles. The molecule has 0 bridgehead atoms. The minimum atomic E-state index is 0.0575. The number of hydrogen-bond donors (Lipinski definition) is 1. The van der Waals surface area contributed by atoms with Crippen molar-refractivity contribution < 1.29 is 9.53 Å². The second kappa shape index (κ2) is 13.0. The van der Waals surface area contributed by atoms with Crippen LogP contribution in [0.15, 0.2) is 54.6 Å². The number of rotatable bonds is 13. The van der Waals surface area contributed by atoms with Crippen LogP contribution < -0.4 is 10.1 Å². The third kappa shape index (κ3) is 8.76. The fourth-order valence-corrected chi connectivity index (χ4v) is 3.08. The highest BCUT2D eigenvalue weighted by Crippen LogP contribution is 2.29. The van der Waals surface area contributed by atoms with E-state index in [2.05, 4.69) is 12.2 Å². The first-order valence-corrected chi connectivity index (χ1v) is 10.4. The van der Waals surface area contributed by atoms with Crippen molar-refractivity contribution in [2.24, 2.45) is 0 Å². The molecule has 146 valence electrons. The monoisotopic (exact) mass is 367 g/mol. The predicted octanol–water partition coefficient (Wildman–Crippen LogP) is 7.34. The van der Waals surface area contributed by atoms with Crippen LogP contribution in [-0.2, 0) is 4.79 Å². The summed E-state index contributed by atoms with van der Waals surface area (Å²) in [7, 11) is 0. The third-order valence-corrected chi connectivity index (χ3v) is 4.64. The number of anilines is 1. The Hall–Kier alpha value is -2.29. The summed E-state index contributed by atoms with van der Waals surface area (Å²) < 4.78 is 5.89. The highest BCUT2D eigenvalue weighted by Gasteiger charge is 2.08. The molecule has 0 radical (unpaired) electrons. The molecule has 0 fully saturated rings. The number of unbranched alkanes of at least 4 members (excludes halogenated alkanes) is 8. The lowest BCUT2D eigenvalue weighted by atomic mass is 10.1. The number of nitrogens with one attached hydrogen (secondary N) is 1. The maximum atomic E-state index is 12.3. The second-order valence-corrected chi connectivity index (χ2v) is 7.04. The van der Waals surface area contributed by atoms with Gasteiger partial charge in [-0.05, 0) is 30.7 Å². The van der Waals surface area contributed by atoms with Crippen LogP contribution in [0.25, 0.3) is 0 Å². The SMILES string of the molecule is CCCCCCCCCCCC(=O)Nc1ccccc1Oc1ccccc1. The number of carbonyl (C=O) groups is 1. The van der Waals surface area contributed by atoms with Gasteiger partial charge in [-0.1, -0.05) is 88.6 Å². The van der Waals surface area contributed by atoms with Gasteiger partial charge in [0.2, 0.25) is 5.91 Å². The molecule has 0 saturated carbocycles. The van der Waals surface area contributed by atoms with Crippen molar-refractivity contribution >= 4 is 11.6 Å². The Bertz CT molecular complexity index is 654. The molecule has 0 spiro atoms. The molecule has 0 aliphatic rings. The molecular formula is C24H33NO2. The highest BCUT2D eigenvalue weighted by atomic mass is 16.5. The number of para-hydroxylation sites is 3. The fraction of sp³-hybridized carbons (Fsp3) is 0.458. The largest absolute Gasteiger partial charge is 0.455 e. The van der Waals surface area contributed by atoms with E-state index in [1.54, 1.807) is 0 Å². The van der Waals surface area contributed by atoms with Crippen LogP contribution in [0.1, 0.15) is 71.1 Å². The molecule has 0 aliphatic heterocycles. The standard InChI is InChI=1S/C24H33NO2/c1-2-3-4-5-6-7-8-9-13-20-24(26)25-22-18-14-15-19-23(22)27-21-16-11-10-12-17-21/h10-12,14-19H,2-9,13,20H2,1H3,(H,25,26). The van der Waals surface area contributed by atoms with Crippen molar-refractivity contribution in [3.05, 3.63) is 54.6 Å². The lowest BCUT2D eigenvalue weighted by Crippen LogP contribution is -2.11. The molecule has 0 atom stereocenters. The first kappa shape index (κ1) is 21.0. The van der Waals surface area contributed by atoms with Crippen molar-refractivity contribution in [1.29, 1.82) is 0 Å². The van der Waals surface area contributed by atoms with Crippen molar-refractivity contribution in [1.82, 2.24) is 0 Å². The first-order valence-electron chi connectivity index (χ1n) is 10.4. The molecular weight excluding hydrogens is 334 g/mol. The molecule has 0 aromatic heterocycles. The van der Waals surface area contributed by atoms with E-state index in [-0.39, 0.29) is 5.91 Å². The van der Waals surface area contributed by atoms with Gasteiger partial charge in [-0.15, -0.1) is 0 Å². The maximum Gasteiger partial charge on any atom is 0.224 e. The quantitative estimate of drug-likeness (QED) is 0.376. The Morgan fingerprint density at radius 2 is 1.37 bits per heavy atom. The summed E-state index contributed by atoms with van der Waals surface area (Å²) in [5.41, 5.74) is 0.724. The summed E-state index contributed by atoms with van der Waals surface area (Å²) >= 11 is 0. The molecule has 27 heavy (non-hydrogen) atoms. The Balaban J connectivity index is 1.67. The summed E-state index contributed by atoms with van der Waals surface area (Å²) in [6, 6.07) is 17.2. The number of hydrogen-bond acceptors (Lipinski definition) is 2. The van der Waals surface area contributed by atoms with E-state index in [9.17, 15) is 4.79 Å². The van der Waals surface area contributed by atoms with Crippen molar-refractivity contribution in [3.8, 4) is 11.5 Å². The molecule has 1 N–H and O–H groups in total. The summed E-state index contributed by atoms with van der Waals surface area (Å²) in [6.07, 6.45) is 11.9. The molecule has 0 saturated heterocycles. The Labute approximate surface area is 164 Å². The van der Waals surface area contributed by atoms with Crippen LogP contribution >= 0.6 is 0 Å². The van der Waals surface area contributed by atoms with E-state index in [1.807, 2.05) is 54.6 Å². The molecule has 3 heteroatoms. The van der Waals surface area contributed by atoms with Gasteiger partial charge in [-0.3, -0.25) is 4.79 Å². The van der Waals surface area contributed by atoms with Crippen LogP contribution in [0.3, 0.4) is 0 Å². The molecule has 0 heterocycles. The first-order chi connectivity index (χ1) is 13.3. The minimum Gasteiger partial charge on any atom is -0.455 e. The molecule has 3 nitrogen and oxygen atoms in total. The van der Waals surface area contributed by atoms with Crippen LogP contribution in [0.2, 0.25) is 0 Å². The molecule has 0 unspecified atom stereocenters. The predicted molar refractivity (Wildman–Crippen MR) is 113 cm³/mol. The maximum absolute atomic E-state index is 12.3. The van der Waals surface area contributed by atoms with E-state index in [4.69, 9.17) is 4.74 Å². The van der Waals surface area contributed by atoms with Gasteiger partial charge in [-0.25, -0.2) is 0 Å². The molecule has 2 aromatic rings. The number of ether oxygens (including phenoxy) is 1. The van der Waals surface area contributed by atoms with E-state index < -0.39 is 0 Å². The number of benzene rings is 2. The Morgan fingerprint density at radius 1 is 0.778 bits per heavy atom. The van der Waals surface area contributed by atoms with Crippen molar-refractivity contribution in [2.45, 2.75) is 71.1 Å². The third-order valence-electron chi connectivity index (χ3n) is 4.64. The lowest BCUT2D eigenvalue weighted by molar-refractivity contribution is -0.116. The average molecular weight is 368 g/mol. The van der Waals surface area contributed by atoms with E-state index in [0.717, 1.165) is 24.3 Å². The van der Waals surface area contributed by atoms with E-state index >= 15 is 0 Å². The van der Waals surface area contributed by atoms with Crippen molar-refractivity contribution in [2.75, 3.05) is 5.32 Å². The minimum absolute atomic E-state index is 0.0575. The number of amides is 1. The molecule has 1 amide bonds. The smallest absolute Gasteiger partial charge is 0.224 e. The van der Waals surface area contributed by atoms with E-state index in [1.165, 1.54) is 44.9 Å². The fourth-order valence-electron chi connectivity index (χ4n) is 3.08. The van der Waals surface area contributed by atoms with Crippen molar-refractivity contribution in [3.63, 3.8) is 0 Å². The van der Waals surface area contributed by atoms with Gasteiger partial charge >= 0.3 is 0 Å². The van der Waals surface area contributed by atoms with Crippen LogP contribution in [0.4, 0.5) is 5.69 Å². The zero-order valence-corrected chi connectivity index (χ0v) is 16.6. The second-order valence-electron chi connectivity index (χ2n) is 7.04. The van der Waals surface area contributed by atoms with Gasteiger partial charge in [0.15, 0.2) is 5.75 Å². The molecule has 2 rings (SSSR count). The van der Waals surface area contributed by atoms with Gasteiger partial charge < -0.3 is 10.1 Å². The zero-order chi connectivity index (χ0) is 19.2. The Morgan fingerprint density at radius 3 is 2.07 bits per heavy atom. The lowest BCUT2D eigenvalue weighted by Gasteiger charge is -2.12. The van der Waals surface area contributed by atoms with Gasteiger partial charge in [-0.2, -0.15) is 0 Å². The highest BCUT2D eigenvalue weighted by molar-refractivity contribution is 5.92. The van der Waals surface area contributed by atoms with Gasteiger partial charge in [0.05, 0.1) is 5.69 Å². The zero-order valence-electron chi connectivity index (χ0n) is 16.6.